The first-order valence-electron chi connectivity index (χ1n) is 12.5. The second kappa shape index (κ2) is 8.03. The minimum absolute atomic E-state index is 0.0317. The molecule has 0 aromatic rings. The molecule has 0 N–H and O–H groups in total. The van der Waals surface area contributed by atoms with Gasteiger partial charge in [-0.1, -0.05) is 40.5 Å². The Bertz CT molecular complexity index is 620. The van der Waals surface area contributed by atoms with E-state index in [1.54, 1.807) is 0 Å². The van der Waals surface area contributed by atoms with Gasteiger partial charge in [0.2, 0.25) is 0 Å². The molecule has 4 rings (SSSR count). The molecule has 0 heterocycles. The van der Waals surface area contributed by atoms with Crippen molar-refractivity contribution in [3.63, 3.8) is 0 Å². The Hall–Kier alpha value is -0.240. The number of carbonyl (C=O) groups excluding carboxylic acids is 1. The van der Waals surface area contributed by atoms with Crippen molar-refractivity contribution in [2.45, 2.75) is 110 Å². The van der Waals surface area contributed by atoms with Crippen molar-refractivity contribution in [1.82, 2.24) is 0 Å². The smallest absolute Gasteiger partial charge is 0.302 e. The van der Waals surface area contributed by atoms with Crippen LogP contribution in [0.2, 0.25) is 0 Å². The molecule has 29 heavy (non-hydrogen) atoms. The number of hydrogen-bond acceptors (Lipinski definition) is 2. The average molecular weight is 423 g/mol. The maximum atomic E-state index is 11.5. The normalized spacial score (nSPS) is 50.2. The molecular formula is C26H43ClO2. The van der Waals surface area contributed by atoms with Gasteiger partial charge in [0.15, 0.2) is 0 Å². The largest absolute Gasteiger partial charge is 0.462 e. The van der Waals surface area contributed by atoms with Crippen LogP contribution in [0.4, 0.5) is 0 Å². The summed E-state index contributed by atoms with van der Waals surface area (Å²) in [6.45, 7) is 11.6. The molecule has 0 amide bonds. The van der Waals surface area contributed by atoms with Crippen LogP contribution in [0.15, 0.2) is 0 Å². The van der Waals surface area contributed by atoms with Gasteiger partial charge in [-0.15, -0.1) is 11.6 Å². The molecule has 166 valence electrons. The van der Waals surface area contributed by atoms with Crippen LogP contribution in [0.5, 0.6) is 0 Å². The third kappa shape index (κ3) is 3.48. The Labute approximate surface area is 183 Å². The number of rotatable bonds is 4. The van der Waals surface area contributed by atoms with E-state index in [1.807, 2.05) is 0 Å². The van der Waals surface area contributed by atoms with E-state index in [0.717, 1.165) is 42.4 Å². The van der Waals surface area contributed by atoms with Crippen molar-refractivity contribution in [1.29, 1.82) is 0 Å². The molecule has 0 aliphatic heterocycles. The summed E-state index contributed by atoms with van der Waals surface area (Å²) in [7, 11) is 0. The van der Waals surface area contributed by atoms with E-state index in [-0.39, 0.29) is 22.9 Å². The molecule has 0 spiro atoms. The predicted octanol–water partition coefficient (Wildman–Crippen LogP) is 7.23. The number of esters is 1. The van der Waals surface area contributed by atoms with Gasteiger partial charge in [0.25, 0.3) is 0 Å². The topological polar surface area (TPSA) is 26.3 Å². The monoisotopic (exact) mass is 422 g/mol. The van der Waals surface area contributed by atoms with Crippen molar-refractivity contribution in [3.05, 3.63) is 0 Å². The molecule has 0 saturated heterocycles. The lowest BCUT2D eigenvalue weighted by Gasteiger charge is -2.62. The summed E-state index contributed by atoms with van der Waals surface area (Å²) in [5.41, 5.74) is 0.769. The lowest BCUT2D eigenvalue weighted by molar-refractivity contribution is -0.159. The fourth-order valence-electron chi connectivity index (χ4n) is 9.19. The van der Waals surface area contributed by atoms with Gasteiger partial charge in [0, 0.05) is 18.7 Å². The molecule has 0 radical (unpaired) electrons. The zero-order valence-electron chi connectivity index (χ0n) is 19.4. The van der Waals surface area contributed by atoms with Gasteiger partial charge in [-0.25, -0.2) is 0 Å². The molecule has 1 unspecified atom stereocenters. The number of halogens is 1. The van der Waals surface area contributed by atoms with Crippen LogP contribution < -0.4 is 0 Å². The Balaban J connectivity index is 1.54. The molecule has 3 heteroatoms. The lowest BCUT2D eigenvalue weighted by Crippen LogP contribution is -2.58. The minimum atomic E-state index is -0.150. The Morgan fingerprint density at radius 1 is 1.10 bits per heavy atom. The molecule has 0 bridgehead atoms. The molecule has 4 aliphatic rings. The van der Waals surface area contributed by atoms with E-state index in [9.17, 15) is 4.79 Å². The van der Waals surface area contributed by atoms with E-state index >= 15 is 0 Å². The van der Waals surface area contributed by atoms with Crippen molar-refractivity contribution in [2.24, 2.45) is 46.3 Å². The van der Waals surface area contributed by atoms with E-state index in [4.69, 9.17) is 16.3 Å². The first-order chi connectivity index (χ1) is 13.7. The maximum absolute atomic E-state index is 11.5. The molecule has 4 aliphatic carbocycles. The highest BCUT2D eigenvalue weighted by molar-refractivity contribution is 6.21. The van der Waals surface area contributed by atoms with Gasteiger partial charge in [-0.3, -0.25) is 4.79 Å². The van der Waals surface area contributed by atoms with Gasteiger partial charge < -0.3 is 4.74 Å². The number of carbonyl (C=O) groups is 1. The summed E-state index contributed by atoms with van der Waals surface area (Å²) in [6.07, 6.45) is 12.9. The van der Waals surface area contributed by atoms with Crippen LogP contribution in [0.1, 0.15) is 98.8 Å². The standard InChI is InChI=1S/C26H43ClO2/c1-6-7-16(2)21-10-11-22-20-9-8-18-14-19(29-17(3)28)15-24(27)26(18,5)23(20)12-13-25(21,22)4/h16,18-24H,6-15H2,1-5H3/t16-,18-,19+,20+,21-,22+,23+,24?,25-,26+/m1/s1. The van der Waals surface area contributed by atoms with Crippen molar-refractivity contribution < 1.29 is 9.53 Å². The second-order valence-electron chi connectivity index (χ2n) is 11.7. The predicted molar refractivity (Wildman–Crippen MR) is 120 cm³/mol. The van der Waals surface area contributed by atoms with Crippen LogP contribution in [-0.4, -0.2) is 17.5 Å². The highest BCUT2D eigenvalue weighted by Gasteiger charge is 2.62. The Morgan fingerprint density at radius 3 is 2.55 bits per heavy atom. The summed E-state index contributed by atoms with van der Waals surface area (Å²) in [6, 6.07) is 0. The first kappa shape index (κ1) is 22.0. The van der Waals surface area contributed by atoms with Crippen LogP contribution in [0.3, 0.4) is 0 Å². The fraction of sp³-hybridized carbons (Fsp3) is 0.962. The Kier molecular flexibility index (Phi) is 6.08. The number of alkyl halides is 1. The van der Waals surface area contributed by atoms with E-state index < -0.39 is 0 Å². The lowest BCUT2D eigenvalue weighted by atomic mass is 9.44. The second-order valence-corrected chi connectivity index (χ2v) is 12.2. The summed E-state index contributed by atoms with van der Waals surface area (Å²) in [4.78, 5) is 11.5. The SMILES string of the molecule is CCC[C@@H](C)[C@H]1CC[C@H]2[C@@H]3CC[C@@H]4C[C@H](OC(C)=O)CC(Cl)[C@]4(C)[C@H]3CC[C@]12C. The van der Waals surface area contributed by atoms with E-state index in [0.29, 0.717) is 11.3 Å². The number of fused-ring (bicyclic) bond motifs is 5. The van der Waals surface area contributed by atoms with Gasteiger partial charge in [-0.2, -0.15) is 0 Å². The summed E-state index contributed by atoms with van der Waals surface area (Å²) < 4.78 is 5.62. The van der Waals surface area contributed by atoms with E-state index in [1.165, 1.54) is 58.3 Å². The van der Waals surface area contributed by atoms with Gasteiger partial charge in [-0.05, 0) is 91.3 Å². The quantitative estimate of drug-likeness (QED) is 0.352. The highest BCUT2D eigenvalue weighted by atomic mass is 35.5. The molecule has 0 aromatic heterocycles. The minimum Gasteiger partial charge on any atom is -0.462 e. The summed E-state index contributed by atoms with van der Waals surface area (Å²) in [5.74, 6) is 4.79. The third-order valence-electron chi connectivity index (χ3n) is 10.5. The van der Waals surface area contributed by atoms with Crippen LogP contribution >= 0.6 is 11.6 Å². The summed E-state index contributed by atoms with van der Waals surface area (Å²) in [5, 5.41) is 0.138. The van der Waals surface area contributed by atoms with Crippen molar-refractivity contribution in [2.75, 3.05) is 0 Å². The zero-order valence-corrected chi connectivity index (χ0v) is 20.1. The summed E-state index contributed by atoms with van der Waals surface area (Å²) >= 11 is 7.14. The van der Waals surface area contributed by atoms with Gasteiger partial charge in [0.1, 0.15) is 6.10 Å². The zero-order chi connectivity index (χ0) is 21.0. The van der Waals surface area contributed by atoms with Crippen molar-refractivity contribution in [3.8, 4) is 0 Å². The van der Waals surface area contributed by atoms with Gasteiger partial charge in [0.05, 0.1) is 0 Å². The molecule has 10 atom stereocenters. The molecule has 4 saturated carbocycles. The van der Waals surface area contributed by atoms with Gasteiger partial charge >= 0.3 is 5.97 Å². The molecular weight excluding hydrogens is 380 g/mol. The number of hydrogen-bond donors (Lipinski definition) is 0. The average Bonchev–Trinajstić information content (AvgIpc) is 3.00. The Morgan fingerprint density at radius 2 is 1.86 bits per heavy atom. The van der Waals surface area contributed by atoms with Crippen LogP contribution in [0, 0.1) is 46.3 Å². The first-order valence-corrected chi connectivity index (χ1v) is 13.0. The maximum Gasteiger partial charge on any atom is 0.302 e. The highest BCUT2D eigenvalue weighted by Crippen LogP contribution is 2.69. The van der Waals surface area contributed by atoms with Crippen LogP contribution in [0.25, 0.3) is 0 Å². The fourth-order valence-corrected chi connectivity index (χ4v) is 9.73. The molecule has 4 fully saturated rings. The molecule has 0 aromatic carbocycles. The molecule has 2 nitrogen and oxygen atoms in total. The van der Waals surface area contributed by atoms with Crippen molar-refractivity contribution >= 4 is 17.6 Å². The van der Waals surface area contributed by atoms with Crippen LogP contribution in [-0.2, 0) is 9.53 Å². The number of ether oxygens (including phenoxy) is 1. The third-order valence-corrected chi connectivity index (χ3v) is 11.1. The van der Waals surface area contributed by atoms with E-state index in [2.05, 4.69) is 27.7 Å².